The summed E-state index contributed by atoms with van der Waals surface area (Å²) in [6.07, 6.45) is 5.42. The van der Waals surface area contributed by atoms with Crippen LogP contribution in [0, 0.1) is 5.41 Å². The molecule has 3 nitrogen and oxygen atoms in total. The minimum absolute atomic E-state index is 0.153. The van der Waals surface area contributed by atoms with E-state index in [0.29, 0.717) is 5.92 Å². The van der Waals surface area contributed by atoms with Crippen molar-refractivity contribution in [1.29, 1.82) is 0 Å². The third-order valence-electron chi connectivity index (χ3n) is 5.13. The van der Waals surface area contributed by atoms with E-state index >= 15 is 0 Å². The highest BCUT2D eigenvalue weighted by molar-refractivity contribution is 5.67. The number of benzene rings is 1. The maximum atomic E-state index is 11.4. The minimum atomic E-state index is -0.195. The molecule has 118 valence electrons. The molecule has 2 aliphatic rings. The standard InChI is InChI=1S/C19H24O3/c1-13(20)22-18-7-5-4-6-16(18)19(2)12-17(19)14-8-10-15(21-3)11-9-14/h8-11,17H,4-7,12H2,1-3H3/t17-,19+/m0/s1. The molecule has 22 heavy (non-hydrogen) atoms. The molecule has 0 aliphatic heterocycles. The number of ether oxygens (including phenoxy) is 2. The van der Waals surface area contributed by atoms with Gasteiger partial charge in [-0.3, -0.25) is 4.79 Å². The van der Waals surface area contributed by atoms with Gasteiger partial charge in [-0.05, 0) is 60.3 Å². The largest absolute Gasteiger partial charge is 0.497 e. The molecule has 3 heteroatoms. The lowest BCUT2D eigenvalue weighted by atomic mass is 9.84. The average Bonchev–Trinajstić information content (AvgIpc) is 3.20. The van der Waals surface area contributed by atoms with Crippen molar-refractivity contribution in [3.05, 3.63) is 41.2 Å². The molecular weight excluding hydrogens is 276 g/mol. The van der Waals surface area contributed by atoms with E-state index in [0.717, 1.165) is 37.2 Å². The van der Waals surface area contributed by atoms with E-state index in [2.05, 4.69) is 19.1 Å². The van der Waals surface area contributed by atoms with Gasteiger partial charge in [0.15, 0.2) is 0 Å². The van der Waals surface area contributed by atoms with E-state index in [1.807, 2.05) is 12.1 Å². The molecule has 0 saturated heterocycles. The van der Waals surface area contributed by atoms with Crippen molar-refractivity contribution in [2.75, 3.05) is 7.11 Å². The Labute approximate surface area is 132 Å². The van der Waals surface area contributed by atoms with Crippen molar-refractivity contribution in [3.63, 3.8) is 0 Å². The Balaban J connectivity index is 1.84. The molecule has 1 aromatic carbocycles. The van der Waals surface area contributed by atoms with Crippen LogP contribution in [0.3, 0.4) is 0 Å². The second-order valence-electron chi connectivity index (χ2n) is 6.65. The lowest BCUT2D eigenvalue weighted by Crippen LogP contribution is -2.14. The maximum Gasteiger partial charge on any atom is 0.307 e. The molecule has 0 N–H and O–H groups in total. The van der Waals surface area contributed by atoms with Crippen LogP contribution in [0.4, 0.5) is 0 Å². The van der Waals surface area contributed by atoms with Gasteiger partial charge in [0.1, 0.15) is 11.5 Å². The Kier molecular flexibility index (Phi) is 3.98. The molecule has 0 radical (unpaired) electrons. The fourth-order valence-corrected chi connectivity index (χ4v) is 3.79. The SMILES string of the molecule is COc1ccc([C@@H]2C[C@]2(C)C2=C(OC(C)=O)CCCC2)cc1. The van der Waals surface area contributed by atoms with Crippen molar-refractivity contribution < 1.29 is 14.3 Å². The van der Waals surface area contributed by atoms with Crippen LogP contribution in [0.1, 0.15) is 57.4 Å². The van der Waals surface area contributed by atoms with Crippen LogP contribution in [0.15, 0.2) is 35.6 Å². The summed E-state index contributed by atoms with van der Waals surface area (Å²) in [5, 5.41) is 0. The summed E-state index contributed by atoms with van der Waals surface area (Å²) in [5.41, 5.74) is 2.87. The lowest BCUT2D eigenvalue weighted by molar-refractivity contribution is -0.137. The first-order valence-corrected chi connectivity index (χ1v) is 8.09. The van der Waals surface area contributed by atoms with Gasteiger partial charge in [-0.2, -0.15) is 0 Å². The molecule has 1 aromatic rings. The molecule has 3 rings (SSSR count). The zero-order valence-corrected chi connectivity index (χ0v) is 13.6. The third kappa shape index (κ3) is 2.77. The predicted molar refractivity (Wildman–Crippen MR) is 85.7 cm³/mol. The highest BCUT2D eigenvalue weighted by Crippen LogP contribution is 2.65. The highest BCUT2D eigenvalue weighted by atomic mass is 16.5. The van der Waals surface area contributed by atoms with Crippen LogP contribution in [0.25, 0.3) is 0 Å². The van der Waals surface area contributed by atoms with Gasteiger partial charge in [-0.15, -0.1) is 0 Å². The molecule has 1 fully saturated rings. The number of methoxy groups -OCH3 is 1. The summed E-state index contributed by atoms with van der Waals surface area (Å²) >= 11 is 0. The van der Waals surface area contributed by atoms with Gasteiger partial charge in [0.2, 0.25) is 0 Å². The van der Waals surface area contributed by atoms with Crippen LogP contribution < -0.4 is 4.74 Å². The predicted octanol–water partition coefficient (Wildman–Crippen LogP) is 4.58. The summed E-state index contributed by atoms with van der Waals surface area (Å²) in [6, 6.07) is 8.36. The smallest absolute Gasteiger partial charge is 0.307 e. The van der Waals surface area contributed by atoms with Gasteiger partial charge in [0.05, 0.1) is 7.11 Å². The number of allylic oxidation sites excluding steroid dienone is 2. The highest BCUT2D eigenvalue weighted by Gasteiger charge is 2.54. The van der Waals surface area contributed by atoms with Gasteiger partial charge in [-0.25, -0.2) is 0 Å². The van der Waals surface area contributed by atoms with Crippen molar-refractivity contribution in [2.45, 2.75) is 51.9 Å². The van der Waals surface area contributed by atoms with Crippen molar-refractivity contribution >= 4 is 5.97 Å². The summed E-state index contributed by atoms with van der Waals surface area (Å²) in [6.45, 7) is 3.81. The molecule has 0 heterocycles. The Morgan fingerprint density at radius 2 is 1.86 bits per heavy atom. The van der Waals surface area contributed by atoms with Crippen molar-refractivity contribution in [2.24, 2.45) is 5.41 Å². The van der Waals surface area contributed by atoms with E-state index in [1.54, 1.807) is 7.11 Å². The second-order valence-corrected chi connectivity index (χ2v) is 6.65. The first kappa shape index (κ1) is 15.1. The van der Waals surface area contributed by atoms with Crippen LogP contribution in [-0.2, 0) is 9.53 Å². The molecule has 1 saturated carbocycles. The quantitative estimate of drug-likeness (QED) is 0.763. The molecular formula is C19H24O3. The van der Waals surface area contributed by atoms with E-state index in [1.165, 1.54) is 24.5 Å². The average molecular weight is 300 g/mol. The fraction of sp³-hybridized carbons (Fsp3) is 0.526. The molecule has 0 bridgehead atoms. The number of rotatable bonds is 4. The van der Waals surface area contributed by atoms with Gasteiger partial charge in [0.25, 0.3) is 0 Å². The number of hydrogen-bond acceptors (Lipinski definition) is 3. The summed E-state index contributed by atoms with van der Waals surface area (Å²) in [7, 11) is 1.69. The Morgan fingerprint density at radius 3 is 2.50 bits per heavy atom. The van der Waals surface area contributed by atoms with Crippen molar-refractivity contribution in [3.8, 4) is 5.75 Å². The van der Waals surface area contributed by atoms with E-state index in [9.17, 15) is 4.79 Å². The fourth-order valence-electron chi connectivity index (χ4n) is 3.79. The maximum absolute atomic E-state index is 11.4. The zero-order valence-electron chi connectivity index (χ0n) is 13.6. The topological polar surface area (TPSA) is 35.5 Å². The van der Waals surface area contributed by atoms with Crippen LogP contribution in [0.5, 0.6) is 5.75 Å². The summed E-state index contributed by atoms with van der Waals surface area (Å²) in [5.74, 6) is 2.16. The zero-order chi connectivity index (χ0) is 15.7. The Hall–Kier alpha value is -1.77. The molecule has 2 atom stereocenters. The van der Waals surface area contributed by atoms with Gasteiger partial charge in [0, 0.05) is 13.3 Å². The first-order valence-electron chi connectivity index (χ1n) is 8.09. The number of hydrogen-bond donors (Lipinski definition) is 0. The Bertz CT molecular complexity index is 600. The molecule has 2 aliphatic carbocycles. The second kappa shape index (κ2) is 5.79. The summed E-state index contributed by atoms with van der Waals surface area (Å²) < 4.78 is 10.7. The van der Waals surface area contributed by atoms with Crippen LogP contribution >= 0.6 is 0 Å². The number of carbonyl (C=O) groups excluding carboxylic acids is 1. The normalized spacial score (nSPS) is 27.5. The molecule has 0 amide bonds. The molecule has 0 aromatic heterocycles. The monoisotopic (exact) mass is 300 g/mol. The van der Waals surface area contributed by atoms with E-state index in [-0.39, 0.29) is 11.4 Å². The summed E-state index contributed by atoms with van der Waals surface area (Å²) in [4.78, 5) is 11.4. The number of carbonyl (C=O) groups is 1. The third-order valence-corrected chi connectivity index (χ3v) is 5.13. The van der Waals surface area contributed by atoms with Gasteiger partial charge in [-0.1, -0.05) is 19.1 Å². The van der Waals surface area contributed by atoms with Gasteiger partial charge < -0.3 is 9.47 Å². The van der Waals surface area contributed by atoms with Crippen molar-refractivity contribution in [1.82, 2.24) is 0 Å². The van der Waals surface area contributed by atoms with E-state index in [4.69, 9.17) is 9.47 Å². The minimum Gasteiger partial charge on any atom is -0.497 e. The van der Waals surface area contributed by atoms with Crippen LogP contribution in [0.2, 0.25) is 0 Å². The van der Waals surface area contributed by atoms with Gasteiger partial charge >= 0.3 is 5.97 Å². The number of esters is 1. The van der Waals surface area contributed by atoms with E-state index < -0.39 is 0 Å². The first-order chi connectivity index (χ1) is 10.5. The molecule has 0 spiro atoms. The van der Waals surface area contributed by atoms with Crippen LogP contribution in [-0.4, -0.2) is 13.1 Å². The Morgan fingerprint density at radius 1 is 1.18 bits per heavy atom. The molecule has 0 unspecified atom stereocenters. The lowest BCUT2D eigenvalue weighted by Gasteiger charge is -2.25.